The molecular formula is C25H29N5O3S2. The van der Waals surface area contributed by atoms with Gasteiger partial charge in [-0.25, -0.2) is 0 Å². The zero-order chi connectivity index (χ0) is 24.9. The van der Waals surface area contributed by atoms with Crippen LogP contribution in [0.25, 0.3) is 0 Å². The largest absolute Gasteiger partial charge is 0.497 e. The molecule has 0 radical (unpaired) electrons. The van der Waals surface area contributed by atoms with Crippen LogP contribution in [-0.2, 0) is 24.7 Å². The topological polar surface area (TPSA) is 102 Å². The van der Waals surface area contributed by atoms with Gasteiger partial charge in [0.25, 0.3) is 0 Å². The van der Waals surface area contributed by atoms with Crippen molar-refractivity contribution in [2.24, 2.45) is 13.0 Å². The number of benzene rings is 1. The van der Waals surface area contributed by atoms with Crippen LogP contribution >= 0.6 is 23.1 Å². The van der Waals surface area contributed by atoms with Crippen LogP contribution in [0.3, 0.4) is 0 Å². The number of thioether (sulfide) groups is 1. The molecule has 0 bridgehead atoms. The number of methoxy groups -OCH3 is 1. The Morgan fingerprint density at radius 1 is 1.34 bits per heavy atom. The standard InChI is InChI=1S/C25H29N5O3S2/c1-5-16-6-11-19-20(13-26)24(35-21(19)12-16)27-22(31)14-34-25-29-28-23(30(25)3)15(2)33-18-9-7-17(32-4)8-10-18/h7-10,15-16H,5-6,11-12,14H2,1-4H3,(H,27,31). The number of rotatable bonds is 9. The molecule has 0 fully saturated rings. The highest BCUT2D eigenvalue weighted by Crippen LogP contribution is 2.40. The lowest BCUT2D eigenvalue weighted by atomic mass is 9.86. The van der Waals surface area contributed by atoms with E-state index in [2.05, 4.69) is 28.5 Å². The molecule has 4 rings (SSSR count). The van der Waals surface area contributed by atoms with E-state index in [1.165, 1.54) is 16.6 Å². The van der Waals surface area contributed by atoms with Gasteiger partial charge in [-0.1, -0.05) is 25.1 Å². The highest BCUT2D eigenvalue weighted by Gasteiger charge is 2.26. The predicted octanol–water partition coefficient (Wildman–Crippen LogP) is 5.14. The van der Waals surface area contributed by atoms with Gasteiger partial charge in [-0.15, -0.1) is 21.5 Å². The van der Waals surface area contributed by atoms with E-state index < -0.39 is 0 Å². The van der Waals surface area contributed by atoms with Gasteiger partial charge in [0.05, 0.1) is 18.4 Å². The summed E-state index contributed by atoms with van der Waals surface area (Å²) in [4.78, 5) is 13.9. The summed E-state index contributed by atoms with van der Waals surface area (Å²) in [6, 6.07) is 9.66. The van der Waals surface area contributed by atoms with Crippen molar-refractivity contribution in [3.63, 3.8) is 0 Å². The van der Waals surface area contributed by atoms with Gasteiger partial charge in [-0.2, -0.15) is 5.26 Å². The smallest absolute Gasteiger partial charge is 0.235 e. The fraction of sp³-hybridized carbons (Fsp3) is 0.440. The Morgan fingerprint density at radius 3 is 2.77 bits per heavy atom. The molecule has 8 nitrogen and oxygen atoms in total. The first kappa shape index (κ1) is 25.1. The second-order valence-corrected chi connectivity index (χ2v) is 10.6. The molecule has 0 spiro atoms. The van der Waals surface area contributed by atoms with Crippen molar-refractivity contribution in [1.29, 1.82) is 5.26 Å². The molecule has 1 aromatic carbocycles. The van der Waals surface area contributed by atoms with Crippen LogP contribution in [0.1, 0.15) is 54.6 Å². The number of aromatic nitrogens is 3. The number of ether oxygens (including phenoxy) is 2. The molecule has 0 saturated heterocycles. The van der Waals surface area contributed by atoms with Gasteiger partial charge in [0.2, 0.25) is 5.91 Å². The number of amides is 1. The number of anilines is 1. The normalized spacial score (nSPS) is 15.7. The summed E-state index contributed by atoms with van der Waals surface area (Å²) in [5, 5.41) is 22.4. The van der Waals surface area contributed by atoms with Crippen molar-refractivity contribution in [1.82, 2.24) is 14.8 Å². The molecule has 1 amide bonds. The van der Waals surface area contributed by atoms with E-state index in [0.29, 0.717) is 33.2 Å². The van der Waals surface area contributed by atoms with Crippen LogP contribution in [0.15, 0.2) is 29.4 Å². The molecule has 2 aromatic heterocycles. The number of carbonyl (C=O) groups is 1. The Morgan fingerprint density at radius 2 is 2.09 bits per heavy atom. The molecule has 2 unspecified atom stereocenters. The van der Waals surface area contributed by atoms with Crippen molar-refractivity contribution in [3.8, 4) is 17.6 Å². The summed E-state index contributed by atoms with van der Waals surface area (Å²) < 4.78 is 13.0. The first-order valence-corrected chi connectivity index (χ1v) is 13.4. The summed E-state index contributed by atoms with van der Waals surface area (Å²) in [6.07, 6.45) is 3.82. The molecule has 0 saturated carbocycles. The van der Waals surface area contributed by atoms with Crippen molar-refractivity contribution in [2.75, 3.05) is 18.2 Å². The zero-order valence-corrected chi connectivity index (χ0v) is 22.0. The molecular weight excluding hydrogens is 482 g/mol. The lowest BCUT2D eigenvalue weighted by Crippen LogP contribution is -2.15. The van der Waals surface area contributed by atoms with Gasteiger partial charge < -0.3 is 19.4 Å². The van der Waals surface area contributed by atoms with Crippen molar-refractivity contribution >= 4 is 34.0 Å². The molecule has 3 aromatic rings. The number of fused-ring (bicyclic) bond motifs is 1. The van der Waals surface area contributed by atoms with E-state index >= 15 is 0 Å². The molecule has 2 heterocycles. The van der Waals surface area contributed by atoms with Gasteiger partial charge in [0, 0.05) is 11.9 Å². The number of hydrogen-bond donors (Lipinski definition) is 1. The number of nitrogens with one attached hydrogen (secondary N) is 1. The average Bonchev–Trinajstić information content (AvgIpc) is 3.41. The maximum absolute atomic E-state index is 12.7. The predicted molar refractivity (Wildman–Crippen MR) is 137 cm³/mol. The van der Waals surface area contributed by atoms with E-state index in [1.807, 2.05) is 42.8 Å². The van der Waals surface area contributed by atoms with Crippen LogP contribution in [0, 0.1) is 17.2 Å². The molecule has 2 atom stereocenters. The van der Waals surface area contributed by atoms with E-state index in [1.54, 1.807) is 18.4 Å². The lowest BCUT2D eigenvalue weighted by molar-refractivity contribution is -0.113. The molecule has 1 N–H and O–H groups in total. The fourth-order valence-corrected chi connectivity index (χ4v) is 6.27. The van der Waals surface area contributed by atoms with Gasteiger partial charge >= 0.3 is 0 Å². The van der Waals surface area contributed by atoms with Gasteiger partial charge in [-0.05, 0) is 61.9 Å². The maximum atomic E-state index is 12.7. The number of nitriles is 1. The average molecular weight is 512 g/mol. The molecule has 184 valence electrons. The lowest BCUT2D eigenvalue weighted by Gasteiger charge is -2.20. The number of carbonyl (C=O) groups excluding carboxylic acids is 1. The molecule has 0 aliphatic heterocycles. The summed E-state index contributed by atoms with van der Waals surface area (Å²) in [6.45, 7) is 4.11. The molecule has 1 aliphatic carbocycles. The SMILES string of the molecule is CCC1CCc2c(sc(NC(=O)CSc3nnc(C(C)Oc4ccc(OC)cc4)n3C)c2C#N)C1. The summed E-state index contributed by atoms with van der Waals surface area (Å²) in [7, 11) is 3.48. The van der Waals surface area contributed by atoms with Crippen LogP contribution in [0.4, 0.5) is 5.00 Å². The molecule has 1 aliphatic rings. The minimum absolute atomic E-state index is 0.163. The Balaban J connectivity index is 1.36. The zero-order valence-electron chi connectivity index (χ0n) is 20.3. The maximum Gasteiger partial charge on any atom is 0.235 e. The minimum atomic E-state index is -0.327. The Hall–Kier alpha value is -3.03. The Kier molecular flexibility index (Phi) is 7.98. The quantitative estimate of drug-likeness (QED) is 0.397. The molecule has 35 heavy (non-hydrogen) atoms. The highest BCUT2D eigenvalue weighted by molar-refractivity contribution is 7.99. The second kappa shape index (κ2) is 11.1. The first-order valence-electron chi connectivity index (χ1n) is 11.6. The van der Waals surface area contributed by atoms with Crippen molar-refractivity contribution < 1.29 is 14.3 Å². The number of thiophene rings is 1. The van der Waals surface area contributed by atoms with Gasteiger partial charge in [-0.3, -0.25) is 4.79 Å². The van der Waals surface area contributed by atoms with Crippen LogP contribution < -0.4 is 14.8 Å². The molecule has 10 heteroatoms. The summed E-state index contributed by atoms with van der Waals surface area (Å²) in [5.74, 6) is 2.79. The Labute approximate surface area is 213 Å². The summed E-state index contributed by atoms with van der Waals surface area (Å²) in [5.41, 5.74) is 1.75. The van der Waals surface area contributed by atoms with E-state index in [9.17, 15) is 10.1 Å². The fourth-order valence-electron chi connectivity index (χ4n) is 4.22. The number of hydrogen-bond acceptors (Lipinski definition) is 8. The van der Waals surface area contributed by atoms with Crippen LogP contribution in [-0.4, -0.2) is 33.5 Å². The van der Waals surface area contributed by atoms with Gasteiger partial charge in [0.15, 0.2) is 17.1 Å². The first-order chi connectivity index (χ1) is 16.9. The van der Waals surface area contributed by atoms with E-state index in [-0.39, 0.29) is 17.8 Å². The van der Waals surface area contributed by atoms with Crippen molar-refractivity contribution in [3.05, 3.63) is 46.1 Å². The highest BCUT2D eigenvalue weighted by atomic mass is 32.2. The second-order valence-electron chi connectivity index (χ2n) is 8.51. The minimum Gasteiger partial charge on any atom is -0.497 e. The number of nitrogens with zero attached hydrogens (tertiary/aromatic N) is 4. The third-order valence-corrected chi connectivity index (χ3v) is 8.44. The van der Waals surface area contributed by atoms with Crippen LogP contribution in [0.5, 0.6) is 11.5 Å². The monoisotopic (exact) mass is 511 g/mol. The third-order valence-electron chi connectivity index (χ3n) is 6.25. The van der Waals surface area contributed by atoms with Crippen molar-refractivity contribution in [2.45, 2.75) is 50.8 Å². The third kappa shape index (κ3) is 5.63. The van der Waals surface area contributed by atoms with Crippen LogP contribution in [0.2, 0.25) is 0 Å². The van der Waals surface area contributed by atoms with E-state index in [4.69, 9.17) is 9.47 Å². The Bertz CT molecular complexity index is 1230. The van der Waals surface area contributed by atoms with E-state index in [0.717, 1.165) is 37.0 Å². The summed E-state index contributed by atoms with van der Waals surface area (Å²) >= 11 is 2.85. The van der Waals surface area contributed by atoms with Gasteiger partial charge in [0.1, 0.15) is 22.6 Å².